The van der Waals surface area contributed by atoms with Gasteiger partial charge in [0.05, 0.1) is 10.7 Å². The van der Waals surface area contributed by atoms with Gasteiger partial charge in [0.2, 0.25) is 0 Å². The van der Waals surface area contributed by atoms with Gasteiger partial charge in [-0.1, -0.05) is 24.2 Å². The number of rotatable bonds is 10. The van der Waals surface area contributed by atoms with Crippen molar-refractivity contribution in [1.29, 1.82) is 0 Å². The zero-order valence-electron chi connectivity index (χ0n) is 19.9. The molecule has 0 aromatic carbocycles. The first-order chi connectivity index (χ1) is 16.0. The summed E-state index contributed by atoms with van der Waals surface area (Å²) in [5, 5.41) is 1.66. The van der Waals surface area contributed by atoms with Crippen molar-refractivity contribution in [2.45, 2.75) is 77.7 Å². The molecule has 1 saturated carbocycles. The lowest BCUT2D eigenvalue weighted by atomic mass is 9.78. The molecule has 0 amide bonds. The fourth-order valence-electron chi connectivity index (χ4n) is 5.03. The summed E-state index contributed by atoms with van der Waals surface area (Å²) in [6.07, 6.45) is 10.8. The highest BCUT2D eigenvalue weighted by atomic mass is 32.1. The monoisotopic (exact) mass is 493 g/mol. The normalized spacial score (nSPS) is 22.5. The van der Waals surface area contributed by atoms with Crippen LogP contribution in [-0.2, 0) is 24.1 Å². The van der Waals surface area contributed by atoms with Crippen LogP contribution in [0.4, 0.5) is 4.39 Å². The molecule has 1 unspecified atom stereocenters. The molecule has 5 nitrogen and oxygen atoms in total. The number of nitrogens with zero attached hydrogens (tertiary/aromatic N) is 3. The van der Waals surface area contributed by atoms with E-state index in [-0.39, 0.29) is 0 Å². The molecule has 8 heteroatoms. The van der Waals surface area contributed by atoms with Crippen LogP contribution in [0.1, 0.15) is 65.9 Å². The third-order valence-corrected chi connectivity index (χ3v) is 8.94. The number of halogens is 1. The molecular weight excluding hydrogens is 457 g/mol. The summed E-state index contributed by atoms with van der Waals surface area (Å²) in [5.74, 6) is 1.73. The predicted octanol–water partition coefficient (Wildman–Crippen LogP) is 5.44. The van der Waals surface area contributed by atoms with Crippen LogP contribution in [-0.4, -0.2) is 53.1 Å². The largest absolute Gasteiger partial charge is 0.464 e. The molecule has 0 saturated heterocycles. The molecule has 1 aliphatic heterocycles. The number of thiazole rings is 2. The van der Waals surface area contributed by atoms with Crippen LogP contribution >= 0.6 is 22.7 Å². The van der Waals surface area contributed by atoms with E-state index in [1.54, 1.807) is 29.6 Å². The summed E-state index contributed by atoms with van der Waals surface area (Å²) in [6, 6.07) is 0. The Labute approximate surface area is 204 Å². The first kappa shape index (κ1) is 24.7. The fraction of sp³-hybridized carbons (Fsp3) is 0.720. The van der Waals surface area contributed by atoms with Crippen LogP contribution in [0.5, 0.6) is 5.19 Å². The van der Waals surface area contributed by atoms with Crippen molar-refractivity contribution < 1.29 is 13.9 Å². The van der Waals surface area contributed by atoms with Crippen LogP contribution < -0.4 is 4.74 Å². The number of fused-ring (bicyclic) bond motifs is 1. The summed E-state index contributed by atoms with van der Waals surface area (Å²) >= 11 is 3.23. The topological polar surface area (TPSA) is 55.3 Å². The van der Waals surface area contributed by atoms with Gasteiger partial charge in [-0.15, -0.1) is 11.3 Å². The molecule has 0 N–H and O–H groups in total. The molecule has 3 heterocycles. The zero-order chi connectivity index (χ0) is 23.2. The molecule has 0 bridgehead atoms. The number of ketones is 1. The number of carbonyl (C=O) groups is 1. The molecule has 1 aliphatic carbocycles. The lowest BCUT2D eigenvalue weighted by Crippen LogP contribution is -2.30. The third kappa shape index (κ3) is 7.30. The molecule has 2 aromatic rings. The van der Waals surface area contributed by atoms with E-state index < -0.39 is 12.8 Å². The Balaban J connectivity index is 1.13. The Morgan fingerprint density at radius 1 is 1.21 bits per heavy atom. The molecule has 182 valence electrons. The molecule has 0 spiro atoms. The Morgan fingerprint density at radius 3 is 2.70 bits per heavy atom. The van der Waals surface area contributed by atoms with E-state index in [0.29, 0.717) is 23.3 Å². The molecule has 1 fully saturated rings. The Kier molecular flexibility index (Phi) is 8.88. The summed E-state index contributed by atoms with van der Waals surface area (Å²) < 4.78 is 18.3. The fourth-order valence-corrected chi connectivity index (χ4v) is 6.89. The van der Waals surface area contributed by atoms with E-state index in [1.165, 1.54) is 37.0 Å². The number of hydrogen-bond acceptors (Lipinski definition) is 7. The van der Waals surface area contributed by atoms with Gasteiger partial charge in [-0.25, -0.2) is 14.4 Å². The van der Waals surface area contributed by atoms with Crippen molar-refractivity contribution in [3.05, 3.63) is 26.7 Å². The van der Waals surface area contributed by atoms with Crippen molar-refractivity contribution in [3.63, 3.8) is 0 Å². The van der Waals surface area contributed by atoms with Crippen molar-refractivity contribution >= 4 is 28.5 Å². The van der Waals surface area contributed by atoms with Gasteiger partial charge in [0.15, 0.2) is 0 Å². The molecule has 33 heavy (non-hydrogen) atoms. The average Bonchev–Trinajstić information content (AvgIpc) is 3.33. The average molecular weight is 494 g/mol. The summed E-state index contributed by atoms with van der Waals surface area (Å²) in [5.41, 5.74) is 1.14. The SMILES string of the molecule is Cc1ncc(CC(=O)CC2CCC(CCN3CCc4nc(OC(C)CF)sc4CC3)CC2)s1. The van der Waals surface area contributed by atoms with Crippen molar-refractivity contribution in [1.82, 2.24) is 14.9 Å². The minimum absolute atomic E-state index is 0.375. The van der Waals surface area contributed by atoms with Crippen molar-refractivity contribution in [3.8, 4) is 5.19 Å². The van der Waals surface area contributed by atoms with Crippen LogP contribution in [0.25, 0.3) is 0 Å². The maximum absolute atomic E-state index is 12.7. The Bertz CT molecular complexity index is 882. The molecule has 0 radical (unpaired) electrons. The van der Waals surface area contributed by atoms with E-state index in [0.717, 1.165) is 60.4 Å². The van der Waals surface area contributed by atoms with Gasteiger partial charge in [-0.2, -0.15) is 0 Å². The molecule has 2 aromatic heterocycles. The highest BCUT2D eigenvalue weighted by Gasteiger charge is 2.25. The van der Waals surface area contributed by atoms with E-state index in [1.807, 2.05) is 13.1 Å². The zero-order valence-corrected chi connectivity index (χ0v) is 21.5. The van der Waals surface area contributed by atoms with Crippen LogP contribution in [0.15, 0.2) is 6.20 Å². The van der Waals surface area contributed by atoms with Gasteiger partial charge in [-0.05, 0) is 57.9 Å². The highest BCUT2D eigenvalue weighted by Crippen LogP contribution is 2.34. The van der Waals surface area contributed by atoms with Crippen LogP contribution in [0, 0.1) is 18.8 Å². The summed E-state index contributed by atoms with van der Waals surface area (Å²) in [7, 11) is 0. The van der Waals surface area contributed by atoms with Gasteiger partial charge in [0, 0.05) is 48.3 Å². The lowest BCUT2D eigenvalue weighted by molar-refractivity contribution is -0.119. The molecule has 4 rings (SSSR count). The molecular formula is C25H36FN3O2S2. The molecule has 2 aliphatic rings. The van der Waals surface area contributed by atoms with E-state index in [4.69, 9.17) is 4.74 Å². The third-order valence-electron chi connectivity index (χ3n) is 6.97. The van der Waals surface area contributed by atoms with Crippen molar-refractivity contribution in [2.75, 3.05) is 26.3 Å². The minimum atomic E-state index is -0.483. The first-order valence-corrected chi connectivity index (χ1v) is 14.0. The number of alkyl halides is 1. The van der Waals surface area contributed by atoms with Crippen molar-refractivity contribution in [2.24, 2.45) is 11.8 Å². The highest BCUT2D eigenvalue weighted by molar-refractivity contribution is 7.13. The van der Waals surface area contributed by atoms with E-state index in [2.05, 4.69) is 14.9 Å². The Hall–Kier alpha value is -1.38. The first-order valence-electron chi connectivity index (χ1n) is 12.3. The minimum Gasteiger partial charge on any atom is -0.464 e. The van der Waals surface area contributed by atoms with Crippen LogP contribution in [0.3, 0.4) is 0 Å². The van der Waals surface area contributed by atoms with Gasteiger partial charge in [0.25, 0.3) is 5.19 Å². The van der Waals surface area contributed by atoms with Gasteiger partial charge in [-0.3, -0.25) is 4.79 Å². The number of hydrogen-bond donors (Lipinski definition) is 0. The number of aryl methyl sites for hydroxylation is 1. The lowest BCUT2D eigenvalue weighted by Gasteiger charge is -2.30. The van der Waals surface area contributed by atoms with E-state index >= 15 is 0 Å². The second-order valence-corrected chi connectivity index (χ2v) is 12.1. The maximum Gasteiger partial charge on any atom is 0.273 e. The van der Waals surface area contributed by atoms with E-state index in [9.17, 15) is 9.18 Å². The number of ether oxygens (including phenoxy) is 1. The second-order valence-electron chi connectivity index (χ2n) is 9.71. The number of aromatic nitrogens is 2. The van der Waals surface area contributed by atoms with Crippen LogP contribution in [0.2, 0.25) is 0 Å². The van der Waals surface area contributed by atoms with Gasteiger partial charge < -0.3 is 9.64 Å². The maximum atomic E-state index is 12.7. The predicted molar refractivity (Wildman–Crippen MR) is 132 cm³/mol. The molecule has 1 atom stereocenters. The van der Waals surface area contributed by atoms with Gasteiger partial charge in [0.1, 0.15) is 18.6 Å². The standard InChI is InChI=1S/C25H36FN3O2S2/c1-17(15-26)31-25-28-23-8-11-29(12-9-24(23)33-25)10-7-19-3-5-20(6-4-19)13-21(30)14-22-16-27-18(2)32-22/h16-17,19-20H,3-15H2,1-2H3. The van der Waals surface area contributed by atoms with Gasteiger partial charge >= 0.3 is 0 Å². The number of carbonyl (C=O) groups excluding carboxylic acids is 1. The Morgan fingerprint density at radius 2 is 1.97 bits per heavy atom. The quantitative estimate of drug-likeness (QED) is 0.441. The second kappa shape index (κ2) is 11.8. The summed E-state index contributed by atoms with van der Waals surface area (Å²) in [4.78, 5) is 26.3. The summed E-state index contributed by atoms with van der Waals surface area (Å²) in [6.45, 7) is 6.50. The smallest absolute Gasteiger partial charge is 0.273 e. The number of Topliss-reactive ketones (excluding diaryl/α,β-unsaturated/α-hetero) is 1.